The van der Waals surface area contributed by atoms with E-state index in [1.807, 2.05) is 24.3 Å². The monoisotopic (exact) mass is 274 g/mol. The summed E-state index contributed by atoms with van der Waals surface area (Å²) in [5, 5.41) is 2.93. The van der Waals surface area contributed by atoms with Crippen LogP contribution in [0.25, 0.3) is 0 Å². The maximum Gasteiger partial charge on any atom is 0.224 e. The molecule has 1 fully saturated rings. The lowest BCUT2D eigenvalue weighted by molar-refractivity contribution is -0.117. The first-order valence-electron chi connectivity index (χ1n) is 7.32. The van der Waals surface area contributed by atoms with Crippen molar-refractivity contribution in [3.05, 3.63) is 24.3 Å². The molecule has 1 N–H and O–H groups in total. The average molecular weight is 274 g/mol. The molecule has 1 aromatic carbocycles. The maximum absolute atomic E-state index is 11.9. The SMILES string of the molecule is CCCCC(=O)Nc1ccccc1N(C(C)=O)C1CC1. The van der Waals surface area contributed by atoms with Crippen LogP contribution in [-0.2, 0) is 9.59 Å². The van der Waals surface area contributed by atoms with E-state index in [1.54, 1.807) is 11.8 Å². The molecule has 1 aromatic rings. The fourth-order valence-electron chi connectivity index (χ4n) is 2.30. The fourth-order valence-corrected chi connectivity index (χ4v) is 2.30. The number of amides is 2. The van der Waals surface area contributed by atoms with Crippen molar-refractivity contribution in [1.29, 1.82) is 0 Å². The number of benzene rings is 1. The van der Waals surface area contributed by atoms with Gasteiger partial charge >= 0.3 is 0 Å². The van der Waals surface area contributed by atoms with E-state index in [0.717, 1.165) is 37.1 Å². The van der Waals surface area contributed by atoms with Crippen molar-refractivity contribution >= 4 is 23.2 Å². The number of rotatable bonds is 6. The average Bonchev–Trinajstić information content (AvgIpc) is 3.23. The zero-order valence-corrected chi connectivity index (χ0v) is 12.2. The third kappa shape index (κ3) is 3.59. The molecule has 0 radical (unpaired) electrons. The van der Waals surface area contributed by atoms with Crippen LogP contribution in [0.4, 0.5) is 11.4 Å². The van der Waals surface area contributed by atoms with Crippen molar-refractivity contribution in [1.82, 2.24) is 0 Å². The summed E-state index contributed by atoms with van der Waals surface area (Å²) in [6, 6.07) is 7.83. The Morgan fingerprint density at radius 2 is 2.00 bits per heavy atom. The number of unbranched alkanes of at least 4 members (excludes halogenated alkanes) is 1. The van der Waals surface area contributed by atoms with E-state index < -0.39 is 0 Å². The Bertz CT molecular complexity index is 495. The summed E-state index contributed by atoms with van der Waals surface area (Å²) in [4.78, 5) is 25.5. The topological polar surface area (TPSA) is 49.4 Å². The number of nitrogens with zero attached hydrogens (tertiary/aromatic N) is 1. The number of para-hydroxylation sites is 2. The highest BCUT2D eigenvalue weighted by atomic mass is 16.2. The number of nitrogens with one attached hydrogen (secondary N) is 1. The second-order valence-corrected chi connectivity index (χ2v) is 5.29. The molecule has 2 amide bonds. The quantitative estimate of drug-likeness (QED) is 0.865. The van der Waals surface area contributed by atoms with E-state index in [9.17, 15) is 9.59 Å². The van der Waals surface area contributed by atoms with Gasteiger partial charge < -0.3 is 10.2 Å². The molecule has 0 unspecified atom stereocenters. The lowest BCUT2D eigenvalue weighted by Crippen LogP contribution is -2.31. The molecule has 0 heterocycles. The first-order valence-corrected chi connectivity index (χ1v) is 7.32. The molecule has 20 heavy (non-hydrogen) atoms. The summed E-state index contributed by atoms with van der Waals surface area (Å²) < 4.78 is 0. The Labute approximate surface area is 120 Å². The molecule has 4 heteroatoms. The molecule has 0 bridgehead atoms. The standard InChI is InChI=1S/C16H22N2O2/c1-3-4-9-16(20)17-14-7-5-6-8-15(14)18(12(2)19)13-10-11-13/h5-8,13H,3-4,9-11H2,1-2H3,(H,17,20). The van der Waals surface area contributed by atoms with Crippen LogP contribution in [0, 0.1) is 0 Å². The van der Waals surface area contributed by atoms with Gasteiger partial charge in [0, 0.05) is 19.4 Å². The molecule has 4 nitrogen and oxygen atoms in total. The lowest BCUT2D eigenvalue weighted by atomic mass is 10.2. The second kappa shape index (κ2) is 6.55. The molecule has 1 saturated carbocycles. The van der Waals surface area contributed by atoms with Gasteiger partial charge in [0.2, 0.25) is 11.8 Å². The highest BCUT2D eigenvalue weighted by molar-refractivity contribution is 6.00. The van der Waals surface area contributed by atoms with E-state index in [1.165, 1.54) is 0 Å². The zero-order chi connectivity index (χ0) is 14.5. The summed E-state index contributed by atoms with van der Waals surface area (Å²) in [6.07, 6.45) is 4.48. The fraction of sp³-hybridized carbons (Fsp3) is 0.500. The van der Waals surface area contributed by atoms with E-state index in [-0.39, 0.29) is 11.8 Å². The van der Waals surface area contributed by atoms with Crippen LogP contribution in [-0.4, -0.2) is 17.9 Å². The van der Waals surface area contributed by atoms with Gasteiger partial charge in [-0.25, -0.2) is 0 Å². The Balaban J connectivity index is 2.16. The predicted octanol–water partition coefficient (Wildman–Crippen LogP) is 3.33. The molecule has 1 aliphatic carbocycles. The van der Waals surface area contributed by atoms with Crippen molar-refractivity contribution in [2.45, 2.75) is 52.0 Å². The van der Waals surface area contributed by atoms with Crippen molar-refractivity contribution < 1.29 is 9.59 Å². The summed E-state index contributed by atoms with van der Waals surface area (Å²) in [7, 11) is 0. The normalized spacial score (nSPS) is 13.9. The molecule has 1 aliphatic rings. The van der Waals surface area contributed by atoms with Crippen LogP contribution < -0.4 is 10.2 Å². The Morgan fingerprint density at radius 1 is 1.30 bits per heavy atom. The maximum atomic E-state index is 11.9. The molecular weight excluding hydrogens is 252 g/mol. The van der Waals surface area contributed by atoms with Crippen LogP contribution in [0.1, 0.15) is 46.0 Å². The van der Waals surface area contributed by atoms with Gasteiger partial charge in [0.1, 0.15) is 0 Å². The third-order valence-electron chi connectivity index (χ3n) is 3.45. The van der Waals surface area contributed by atoms with Crippen LogP contribution in [0.15, 0.2) is 24.3 Å². The Morgan fingerprint density at radius 3 is 2.60 bits per heavy atom. The minimum atomic E-state index is 0.0126. The van der Waals surface area contributed by atoms with Crippen LogP contribution in [0.2, 0.25) is 0 Å². The third-order valence-corrected chi connectivity index (χ3v) is 3.45. The van der Waals surface area contributed by atoms with Gasteiger partial charge in [-0.05, 0) is 31.4 Å². The number of carbonyl (C=O) groups is 2. The van der Waals surface area contributed by atoms with Gasteiger partial charge in [-0.2, -0.15) is 0 Å². The Hall–Kier alpha value is -1.84. The van der Waals surface area contributed by atoms with Crippen molar-refractivity contribution in [2.75, 3.05) is 10.2 Å². The van der Waals surface area contributed by atoms with Crippen LogP contribution in [0.5, 0.6) is 0 Å². The van der Waals surface area contributed by atoms with Gasteiger partial charge in [-0.15, -0.1) is 0 Å². The molecule has 0 saturated heterocycles. The minimum absolute atomic E-state index is 0.0126. The van der Waals surface area contributed by atoms with Gasteiger partial charge in [-0.3, -0.25) is 9.59 Å². The van der Waals surface area contributed by atoms with Crippen LogP contribution in [0.3, 0.4) is 0 Å². The molecule has 108 valence electrons. The van der Waals surface area contributed by atoms with Gasteiger partial charge in [0.05, 0.1) is 11.4 Å². The Kier molecular flexibility index (Phi) is 4.77. The molecule has 0 spiro atoms. The number of anilines is 2. The lowest BCUT2D eigenvalue weighted by Gasteiger charge is -2.23. The van der Waals surface area contributed by atoms with Gasteiger partial charge in [-0.1, -0.05) is 25.5 Å². The minimum Gasteiger partial charge on any atom is -0.324 e. The number of hydrogen-bond donors (Lipinski definition) is 1. The first kappa shape index (κ1) is 14.6. The number of carbonyl (C=O) groups excluding carboxylic acids is 2. The highest BCUT2D eigenvalue weighted by Gasteiger charge is 2.33. The summed E-state index contributed by atoms with van der Waals surface area (Å²) in [6.45, 7) is 3.64. The van der Waals surface area contributed by atoms with E-state index in [4.69, 9.17) is 0 Å². The van der Waals surface area contributed by atoms with Gasteiger partial charge in [0.25, 0.3) is 0 Å². The molecule has 0 aliphatic heterocycles. The van der Waals surface area contributed by atoms with Crippen molar-refractivity contribution in [3.8, 4) is 0 Å². The molecular formula is C16H22N2O2. The van der Waals surface area contributed by atoms with E-state index in [2.05, 4.69) is 12.2 Å². The van der Waals surface area contributed by atoms with E-state index in [0.29, 0.717) is 12.5 Å². The highest BCUT2D eigenvalue weighted by Crippen LogP contribution is 2.35. The summed E-state index contributed by atoms with van der Waals surface area (Å²) in [5.41, 5.74) is 1.54. The number of hydrogen-bond acceptors (Lipinski definition) is 2. The van der Waals surface area contributed by atoms with E-state index >= 15 is 0 Å². The summed E-state index contributed by atoms with van der Waals surface area (Å²) in [5.74, 6) is 0.0429. The summed E-state index contributed by atoms with van der Waals surface area (Å²) >= 11 is 0. The predicted molar refractivity (Wildman–Crippen MR) is 80.8 cm³/mol. The van der Waals surface area contributed by atoms with Gasteiger partial charge in [0.15, 0.2) is 0 Å². The van der Waals surface area contributed by atoms with Crippen molar-refractivity contribution in [2.24, 2.45) is 0 Å². The molecule has 0 aromatic heterocycles. The molecule has 2 rings (SSSR count). The van der Waals surface area contributed by atoms with Crippen molar-refractivity contribution in [3.63, 3.8) is 0 Å². The largest absolute Gasteiger partial charge is 0.324 e. The van der Waals surface area contributed by atoms with Crippen LogP contribution >= 0.6 is 0 Å². The zero-order valence-electron chi connectivity index (χ0n) is 12.2. The second-order valence-electron chi connectivity index (χ2n) is 5.29. The smallest absolute Gasteiger partial charge is 0.224 e. The first-order chi connectivity index (χ1) is 9.63. The molecule has 0 atom stereocenters.